The van der Waals surface area contributed by atoms with Gasteiger partial charge >= 0.3 is 0 Å². The third kappa shape index (κ3) is 4.96. The number of aromatic nitrogens is 3. The van der Waals surface area contributed by atoms with Gasteiger partial charge in [-0.2, -0.15) is 9.97 Å². The van der Waals surface area contributed by atoms with E-state index in [-0.39, 0.29) is 0 Å². The van der Waals surface area contributed by atoms with E-state index in [1.54, 1.807) is 26.6 Å². The van der Waals surface area contributed by atoms with Gasteiger partial charge in [0.05, 0.1) is 40.6 Å². The molecular weight excluding hydrogens is 549 g/mol. The minimum atomic E-state index is -2.55. The van der Waals surface area contributed by atoms with E-state index in [2.05, 4.69) is 37.3 Å². The number of halogens is 1. The number of benzene rings is 2. The molecule has 6 rings (SSSR count). The summed E-state index contributed by atoms with van der Waals surface area (Å²) in [5.41, 5.74) is 2.98. The number of likely N-dealkylation sites (N-methyl/N-ethyl adjacent to an activating group) is 1. The van der Waals surface area contributed by atoms with Crippen LogP contribution in [0.25, 0.3) is 11.0 Å². The molecule has 40 heavy (non-hydrogen) atoms. The number of fused-ring (bicyclic) bond motifs is 4. The summed E-state index contributed by atoms with van der Waals surface area (Å²) in [5, 5.41) is 8.53. The molecule has 0 unspecified atom stereocenters. The first-order valence-electron chi connectivity index (χ1n) is 13.3. The molecule has 0 saturated carbocycles. The van der Waals surface area contributed by atoms with Gasteiger partial charge in [-0.3, -0.25) is 4.90 Å². The van der Waals surface area contributed by atoms with Crippen LogP contribution in [0.15, 0.2) is 42.6 Å². The SMILES string of the molecule is CCN1CCN2c3cc(OC)c(Nc4nc(Nc5ccccc5P(C)(C)=O)c5c(Cl)c[nH]c5n4)cc3OC[C@H]2C1. The fourth-order valence-corrected chi connectivity index (χ4v) is 6.84. The molecule has 0 aliphatic carbocycles. The van der Waals surface area contributed by atoms with Gasteiger partial charge in [-0.1, -0.05) is 30.7 Å². The van der Waals surface area contributed by atoms with Crippen LogP contribution in [-0.2, 0) is 4.57 Å². The fraction of sp³-hybridized carbons (Fsp3) is 0.357. The van der Waals surface area contributed by atoms with E-state index < -0.39 is 7.14 Å². The molecule has 4 aromatic rings. The molecule has 2 aliphatic heterocycles. The predicted molar refractivity (Wildman–Crippen MR) is 163 cm³/mol. The van der Waals surface area contributed by atoms with Gasteiger partial charge in [0, 0.05) is 43.3 Å². The van der Waals surface area contributed by atoms with Gasteiger partial charge < -0.3 is 34.6 Å². The topological polar surface area (TPSA) is 108 Å². The lowest BCUT2D eigenvalue weighted by molar-refractivity contribution is 0.172. The van der Waals surface area contributed by atoms with E-state index in [1.165, 1.54) is 0 Å². The molecule has 2 aromatic heterocycles. The Bertz CT molecular complexity index is 1620. The smallest absolute Gasteiger partial charge is 0.231 e. The minimum absolute atomic E-state index is 0.311. The number of hydrogen-bond donors (Lipinski definition) is 3. The lowest BCUT2D eigenvalue weighted by atomic mass is 10.1. The summed E-state index contributed by atoms with van der Waals surface area (Å²) >= 11 is 6.52. The summed E-state index contributed by atoms with van der Waals surface area (Å²) in [5.74, 6) is 2.28. The normalized spacial score (nSPS) is 17.2. The van der Waals surface area contributed by atoms with Gasteiger partial charge in [0.25, 0.3) is 0 Å². The molecule has 0 spiro atoms. The fourth-order valence-electron chi connectivity index (χ4n) is 5.45. The van der Waals surface area contributed by atoms with Gasteiger partial charge in [0.2, 0.25) is 5.95 Å². The first-order valence-corrected chi connectivity index (χ1v) is 16.3. The van der Waals surface area contributed by atoms with Crippen molar-refractivity contribution in [3.05, 3.63) is 47.6 Å². The van der Waals surface area contributed by atoms with Gasteiger partial charge in [0.15, 0.2) is 0 Å². The van der Waals surface area contributed by atoms with E-state index >= 15 is 0 Å². The molecule has 3 N–H and O–H groups in total. The first kappa shape index (κ1) is 26.7. The van der Waals surface area contributed by atoms with Crippen molar-refractivity contribution in [1.82, 2.24) is 19.9 Å². The van der Waals surface area contributed by atoms with Crippen LogP contribution in [0.2, 0.25) is 5.02 Å². The second-order valence-electron chi connectivity index (χ2n) is 10.4. The first-order chi connectivity index (χ1) is 19.2. The average Bonchev–Trinajstić information content (AvgIpc) is 3.32. The Labute approximate surface area is 238 Å². The summed E-state index contributed by atoms with van der Waals surface area (Å²) in [6, 6.07) is 11.8. The molecule has 1 saturated heterocycles. The Morgan fingerprint density at radius 2 is 2.00 bits per heavy atom. The van der Waals surface area contributed by atoms with Crippen molar-refractivity contribution in [1.29, 1.82) is 0 Å². The van der Waals surface area contributed by atoms with Crippen molar-refractivity contribution in [2.24, 2.45) is 0 Å². The maximum atomic E-state index is 13.0. The van der Waals surface area contributed by atoms with Gasteiger partial charge in [-0.15, -0.1) is 0 Å². The number of piperazine rings is 1. The number of hydrogen-bond acceptors (Lipinski definition) is 9. The van der Waals surface area contributed by atoms with Crippen LogP contribution in [0.5, 0.6) is 11.5 Å². The quantitative estimate of drug-likeness (QED) is 0.252. The molecule has 1 fully saturated rings. The molecule has 0 radical (unpaired) electrons. The Hall–Kier alpha value is -3.46. The van der Waals surface area contributed by atoms with Gasteiger partial charge in [-0.05, 0) is 32.0 Å². The Balaban J connectivity index is 1.36. The second kappa shape index (κ2) is 10.5. The number of rotatable bonds is 7. The molecule has 4 heterocycles. The van der Waals surface area contributed by atoms with Crippen LogP contribution >= 0.6 is 18.7 Å². The van der Waals surface area contributed by atoms with Crippen LogP contribution in [-0.4, -0.2) is 79.1 Å². The summed E-state index contributed by atoms with van der Waals surface area (Å²) in [7, 11) is -0.906. The summed E-state index contributed by atoms with van der Waals surface area (Å²) < 4.78 is 25.0. The number of methoxy groups -OCH3 is 1. The zero-order valence-corrected chi connectivity index (χ0v) is 24.6. The van der Waals surface area contributed by atoms with Crippen molar-refractivity contribution < 1.29 is 14.0 Å². The van der Waals surface area contributed by atoms with Crippen molar-refractivity contribution in [3.8, 4) is 11.5 Å². The Morgan fingerprint density at radius 1 is 1.18 bits per heavy atom. The molecule has 1 atom stereocenters. The molecule has 2 aromatic carbocycles. The van der Waals surface area contributed by atoms with Crippen LogP contribution in [0, 0.1) is 0 Å². The highest BCUT2D eigenvalue weighted by atomic mass is 35.5. The van der Waals surface area contributed by atoms with Crippen molar-refractivity contribution >= 4 is 63.9 Å². The zero-order chi connectivity index (χ0) is 28.0. The third-order valence-corrected chi connectivity index (χ3v) is 9.35. The number of nitrogens with zero attached hydrogens (tertiary/aromatic N) is 4. The standard InChI is InChI=1S/C28H33ClN7O3P/c1-5-35-10-11-36-17(15-35)16-39-23-12-20(22(38-2)13-21(23)36)32-28-33-26-25(18(29)14-30-26)27(34-28)31-19-8-6-7-9-24(19)40(3,4)37/h6-9,12-14,17H,5,10-11,15-16H2,1-4H3,(H3,30,31,32,33,34)/t17-/m1/s1. The molecule has 0 bridgehead atoms. The van der Waals surface area contributed by atoms with Crippen molar-refractivity contribution in [2.45, 2.75) is 13.0 Å². The second-order valence-corrected chi connectivity index (χ2v) is 14.0. The van der Waals surface area contributed by atoms with E-state index in [0.717, 1.165) is 42.9 Å². The number of ether oxygens (including phenoxy) is 2. The molecule has 10 nitrogen and oxygen atoms in total. The highest BCUT2D eigenvalue weighted by Gasteiger charge is 2.33. The number of anilines is 5. The maximum Gasteiger partial charge on any atom is 0.231 e. The molecule has 12 heteroatoms. The van der Waals surface area contributed by atoms with Crippen molar-refractivity contribution in [3.63, 3.8) is 0 Å². The van der Waals surface area contributed by atoms with Gasteiger partial charge in [0.1, 0.15) is 36.7 Å². The van der Waals surface area contributed by atoms with E-state index in [1.807, 2.05) is 36.4 Å². The largest absolute Gasteiger partial charge is 0.494 e. The van der Waals surface area contributed by atoms with E-state index in [9.17, 15) is 4.57 Å². The minimum Gasteiger partial charge on any atom is -0.494 e. The Kier molecular flexibility index (Phi) is 7.02. The molecule has 2 aliphatic rings. The number of para-hydroxylation sites is 1. The maximum absolute atomic E-state index is 13.0. The number of aromatic amines is 1. The van der Waals surface area contributed by atoms with Gasteiger partial charge in [-0.25, -0.2) is 0 Å². The zero-order valence-electron chi connectivity index (χ0n) is 23.0. The summed E-state index contributed by atoms with van der Waals surface area (Å²) in [6.45, 7) is 10.3. The highest BCUT2D eigenvalue weighted by Crippen LogP contribution is 2.44. The number of nitrogens with one attached hydrogen (secondary N) is 3. The summed E-state index contributed by atoms with van der Waals surface area (Å²) in [6.07, 6.45) is 1.67. The average molecular weight is 582 g/mol. The third-order valence-electron chi connectivity index (χ3n) is 7.50. The molecular formula is C28H33ClN7O3P. The molecule has 210 valence electrons. The monoisotopic (exact) mass is 581 g/mol. The lowest BCUT2D eigenvalue weighted by Crippen LogP contribution is -2.57. The lowest BCUT2D eigenvalue weighted by Gasteiger charge is -2.45. The Morgan fingerprint density at radius 3 is 2.77 bits per heavy atom. The number of H-pyrrole nitrogens is 1. The van der Waals surface area contributed by atoms with E-state index in [0.29, 0.717) is 57.6 Å². The van der Waals surface area contributed by atoms with Crippen LogP contribution in [0.3, 0.4) is 0 Å². The van der Waals surface area contributed by atoms with Crippen LogP contribution in [0.1, 0.15) is 6.92 Å². The van der Waals surface area contributed by atoms with Crippen LogP contribution in [0.4, 0.5) is 28.8 Å². The van der Waals surface area contributed by atoms with Crippen molar-refractivity contribution in [2.75, 3.05) is 68.8 Å². The highest BCUT2D eigenvalue weighted by molar-refractivity contribution is 7.70. The van der Waals surface area contributed by atoms with E-state index in [4.69, 9.17) is 26.1 Å². The summed E-state index contributed by atoms with van der Waals surface area (Å²) in [4.78, 5) is 17.4. The van der Waals surface area contributed by atoms with Crippen LogP contribution < -0.4 is 30.3 Å². The predicted octanol–water partition coefficient (Wildman–Crippen LogP) is 5.26. The molecule has 0 amide bonds.